The van der Waals surface area contributed by atoms with Crippen LogP contribution in [0.1, 0.15) is 85.5 Å². The third-order valence-corrected chi connectivity index (χ3v) is 9.95. The molecule has 3 aliphatic heterocycles. The van der Waals surface area contributed by atoms with E-state index in [2.05, 4.69) is 41.5 Å². The quantitative estimate of drug-likeness (QED) is 0.271. The van der Waals surface area contributed by atoms with Gasteiger partial charge in [-0.25, -0.2) is 4.39 Å². The number of carbonyl (C=O) groups is 2. The molecule has 3 unspecified atom stereocenters. The molecule has 0 bridgehead atoms. The second-order valence-corrected chi connectivity index (χ2v) is 13.2. The minimum Gasteiger partial charge on any atom is -0.382 e. The molecule has 3 aromatic carbocycles. The zero-order valence-corrected chi connectivity index (χ0v) is 27.4. The van der Waals surface area contributed by atoms with Gasteiger partial charge in [0.15, 0.2) is 0 Å². The first-order chi connectivity index (χ1) is 22.3. The molecule has 7 nitrogen and oxygen atoms in total. The number of carbonyl (C=O) groups excluding carboxylic acids is 2. The molecule has 4 atom stereocenters. The van der Waals surface area contributed by atoms with Crippen molar-refractivity contribution in [2.24, 2.45) is 5.92 Å². The lowest BCUT2D eigenvalue weighted by Crippen LogP contribution is -2.46. The van der Waals surface area contributed by atoms with Crippen molar-refractivity contribution >= 4 is 28.9 Å². The highest BCUT2D eigenvalue weighted by Crippen LogP contribution is 2.39. The highest BCUT2D eigenvalue weighted by atomic mass is 19.1. The van der Waals surface area contributed by atoms with Crippen LogP contribution in [-0.2, 0) is 16.0 Å². The highest BCUT2D eigenvalue weighted by molar-refractivity contribution is 5.98. The number of nitrogens with one attached hydrogen (secondary N) is 2. The van der Waals surface area contributed by atoms with Crippen LogP contribution in [0.4, 0.5) is 21.5 Å². The van der Waals surface area contributed by atoms with Gasteiger partial charge < -0.3 is 25.2 Å². The van der Waals surface area contributed by atoms with E-state index < -0.39 is 17.8 Å². The van der Waals surface area contributed by atoms with E-state index in [0.29, 0.717) is 31.0 Å². The van der Waals surface area contributed by atoms with E-state index in [4.69, 9.17) is 4.74 Å². The number of hydrogen-bond donors (Lipinski definition) is 2. The maximum Gasteiger partial charge on any atom is 0.257 e. The lowest BCUT2D eigenvalue weighted by molar-refractivity contribution is -0.123. The fourth-order valence-electron chi connectivity index (χ4n) is 7.53. The van der Waals surface area contributed by atoms with E-state index in [9.17, 15) is 9.59 Å². The number of ether oxygens (including phenoxy) is 1. The summed E-state index contributed by atoms with van der Waals surface area (Å²) in [6, 6.07) is 18.8. The summed E-state index contributed by atoms with van der Waals surface area (Å²) in [5.74, 6) is -1.53. The van der Waals surface area contributed by atoms with Gasteiger partial charge in [-0.3, -0.25) is 9.59 Å². The molecule has 2 N–H and O–H groups in total. The van der Waals surface area contributed by atoms with Gasteiger partial charge in [-0.15, -0.1) is 0 Å². The summed E-state index contributed by atoms with van der Waals surface area (Å²) >= 11 is 0. The number of aryl methyl sites for hydroxylation is 2. The summed E-state index contributed by atoms with van der Waals surface area (Å²) in [5, 5.41) is 6.84. The zero-order chi connectivity index (χ0) is 32.2. The third-order valence-electron chi connectivity index (χ3n) is 9.95. The third kappa shape index (κ3) is 6.92. The summed E-state index contributed by atoms with van der Waals surface area (Å²) < 4.78 is 20.8. The molecule has 0 spiro atoms. The topological polar surface area (TPSA) is 73.9 Å². The van der Waals surface area contributed by atoms with Crippen LogP contribution in [0.2, 0.25) is 0 Å². The monoisotopic (exact) mass is 626 g/mol. The van der Waals surface area contributed by atoms with Gasteiger partial charge in [0.1, 0.15) is 5.82 Å². The van der Waals surface area contributed by atoms with Crippen LogP contribution in [0.15, 0.2) is 60.7 Å². The molecular weight excluding hydrogens is 579 g/mol. The molecular formula is C38H47FN4O3. The molecule has 0 radical (unpaired) electrons. The Bertz CT molecular complexity index is 1520. The Morgan fingerprint density at radius 1 is 0.957 bits per heavy atom. The van der Waals surface area contributed by atoms with Crippen molar-refractivity contribution in [3.05, 3.63) is 88.7 Å². The van der Waals surface area contributed by atoms with Gasteiger partial charge in [0.25, 0.3) is 5.91 Å². The van der Waals surface area contributed by atoms with Crippen molar-refractivity contribution in [1.29, 1.82) is 0 Å². The Labute approximate surface area is 272 Å². The largest absolute Gasteiger partial charge is 0.382 e. The lowest BCUT2D eigenvalue weighted by atomic mass is 9.83. The second kappa shape index (κ2) is 14.2. The molecule has 46 heavy (non-hydrogen) atoms. The van der Waals surface area contributed by atoms with Gasteiger partial charge in [0, 0.05) is 49.3 Å². The predicted molar refractivity (Wildman–Crippen MR) is 182 cm³/mol. The zero-order valence-electron chi connectivity index (χ0n) is 27.4. The number of nitrogens with zero attached hydrogens (tertiary/aromatic N) is 2. The molecule has 3 fully saturated rings. The van der Waals surface area contributed by atoms with E-state index >= 15 is 4.39 Å². The summed E-state index contributed by atoms with van der Waals surface area (Å²) in [5.41, 5.74) is 5.75. The first kappa shape index (κ1) is 32.0. The van der Waals surface area contributed by atoms with Crippen molar-refractivity contribution in [2.45, 2.75) is 83.9 Å². The fourth-order valence-corrected chi connectivity index (χ4v) is 7.53. The van der Waals surface area contributed by atoms with Crippen LogP contribution in [-0.4, -0.2) is 55.1 Å². The molecule has 3 aromatic rings. The number of rotatable bonds is 8. The standard InChI is InChI=1S/C38H47FN4O3/c1-4-27-12-17-30(24-34(27)42-19-5-6-20-42)41-37(44)32-10-8-21-43(38(45)35-25(2)9-7-11-33(35)39)36(32)28-13-15-29(16-14-28)40-31-18-22-46-26(3)23-31/h7,9,11-17,24,26,31-32,36,40H,4-6,8,10,18-23H2,1-3H3,(H,41,44)/t26-,31?,32?,36?/m0/s1. The number of piperidine rings is 1. The van der Waals surface area contributed by atoms with Gasteiger partial charge in [-0.2, -0.15) is 0 Å². The predicted octanol–water partition coefficient (Wildman–Crippen LogP) is 7.51. The summed E-state index contributed by atoms with van der Waals surface area (Å²) in [4.78, 5) is 32.4. The Hall–Kier alpha value is -3.91. The van der Waals surface area contributed by atoms with Gasteiger partial charge in [-0.05, 0) is 106 Å². The fraction of sp³-hybridized carbons (Fsp3) is 0.474. The van der Waals surface area contributed by atoms with Crippen LogP contribution >= 0.6 is 0 Å². The van der Waals surface area contributed by atoms with Crippen molar-refractivity contribution in [3.8, 4) is 0 Å². The number of likely N-dealkylation sites (tertiary alicyclic amines) is 1. The minimum atomic E-state index is -0.537. The van der Waals surface area contributed by atoms with Crippen LogP contribution in [0.5, 0.6) is 0 Å². The Morgan fingerprint density at radius 3 is 2.43 bits per heavy atom. The minimum absolute atomic E-state index is 0.0749. The van der Waals surface area contributed by atoms with Crippen LogP contribution < -0.4 is 15.5 Å². The van der Waals surface area contributed by atoms with E-state index in [0.717, 1.165) is 55.9 Å². The second-order valence-electron chi connectivity index (χ2n) is 13.2. The first-order valence-corrected chi connectivity index (χ1v) is 17.0. The number of hydrogen-bond acceptors (Lipinski definition) is 5. The average molecular weight is 627 g/mol. The van der Waals surface area contributed by atoms with Gasteiger partial charge in [0.05, 0.1) is 23.6 Å². The van der Waals surface area contributed by atoms with E-state index in [1.807, 2.05) is 30.3 Å². The maximum absolute atomic E-state index is 15.1. The smallest absolute Gasteiger partial charge is 0.257 e. The lowest BCUT2D eigenvalue weighted by Gasteiger charge is -2.41. The van der Waals surface area contributed by atoms with Gasteiger partial charge in [-0.1, -0.05) is 37.3 Å². The molecule has 0 aromatic heterocycles. The van der Waals surface area contributed by atoms with Crippen LogP contribution in [0.3, 0.4) is 0 Å². The molecule has 2 amide bonds. The average Bonchev–Trinajstić information content (AvgIpc) is 3.60. The van der Waals surface area contributed by atoms with Crippen molar-refractivity contribution in [2.75, 3.05) is 41.8 Å². The number of benzene rings is 3. The van der Waals surface area contributed by atoms with Gasteiger partial charge >= 0.3 is 0 Å². The van der Waals surface area contributed by atoms with E-state index in [1.54, 1.807) is 24.0 Å². The molecule has 0 aliphatic carbocycles. The molecule has 3 aliphatic rings. The van der Waals surface area contributed by atoms with Crippen LogP contribution in [0.25, 0.3) is 0 Å². The summed E-state index contributed by atoms with van der Waals surface area (Å²) in [7, 11) is 0. The molecule has 8 heteroatoms. The van der Waals surface area contributed by atoms with Crippen LogP contribution in [0, 0.1) is 18.7 Å². The van der Waals surface area contributed by atoms with Crippen molar-refractivity contribution in [3.63, 3.8) is 0 Å². The van der Waals surface area contributed by atoms with Crippen molar-refractivity contribution in [1.82, 2.24) is 4.90 Å². The Kier molecular flexibility index (Phi) is 9.92. The summed E-state index contributed by atoms with van der Waals surface area (Å²) in [6.07, 6.45) is 6.67. The van der Waals surface area contributed by atoms with E-state index in [1.165, 1.54) is 30.2 Å². The van der Waals surface area contributed by atoms with Crippen molar-refractivity contribution < 1.29 is 18.7 Å². The number of amides is 2. The highest BCUT2D eigenvalue weighted by Gasteiger charge is 2.40. The summed E-state index contributed by atoms with van der Waals surface area (Å²) in [6.45, 7) is 9.26. The molecule has 6 rings (SSSR count). The first-order valence-electron chi connectivity index (χ1n) is 17.0. The number of anilines is 3. The molecule has 3 heterocycles. The normalized spacial score (nSPS) is 23.3. The molecule has 3 saturated heterocycles. The molecule has 0 saturated carbocycles. The maximum atomic E-state index is 15.1. The number of halogens is 1. The van der Waals surface area contributed by atoms with E-state index in [-0.39, 0.29) is 23.5 Å². The Morgan fingerprint density at radius 2 is 1.72 bits per heavy atom. The molecule has 244 valence electrons. The van der Waals surface area contributed by atoms with Gasteiger partial charge in [0.2, 0.25) is 5.91 Å². The SMILES string of the molecule is CCc1ccc(NC(=O)C2CCCN(C(=O)c3c(C)cccc3F)C2c2ccc(NC3CCO[C@@H](C)C3)cc2)cc1N1CCCC1. The Balaban J connectivity index is 1.30.